The minimum absolute atomic E-state index is 0.0564. The summed E-state index contributed by atoms with van der Waals surface area (Å²) in [5, 5.41) is 5.85. The first-order chi connectivity index (χ1) is 20.1. The predicted molar refractivity (Wildman–Crippen MR) is 155 cm³/mol. The van der Waals surface area contributed by atoms with Crippen LogP contribution in [0.15, 0.2) is 24.3 Å². The number of Topliss-reactive ketones (excluding diaryl/α,β-unsaturated/α-hetero) is 2. The number of amides is 2. The number of ketones is 2. The maximum atomic E-state index is 13.8. The second-order valence-corrected chi connectivity index (χ2v) is 12.9. The van der Waals surface area contributed by atoms with Crippen LogP contribution in [0.5, 0.6) is 5.75 Å². The fourth-order valence-electron chi connectivity index (χ4n) is 6.56. The van der Waals surface area contributed by atoms with E-state index in [0.717, 1.165) is 30.2 Å². The van der Waals surface area contributed by atoms with E-state index in [1.165, 1.54) is 6.42 Å². The summed E-state index contributed by atoms with van der Waals surface area (Å²) in [6.45, 7) is 6.51. The minimum atomic E-state index is -0.847. The molecule has 2 saturated carbocycles. The lowest BCUT2D eigenvalue weighted by Crippen LogP contribution is -2.50. The molecule has 4 fully saturated rings. The van der Waals surface area contributed by atoms with Crippen LogP contribution in [0.2, 0.25) is 0 Å². The monoisotopic (exact) mass is 583 g/mol. The number of nitrogens with zero attached hydrogens (tertiary/aromatic N) is 1. The van der Waals surface area contributed by atoms with E-state index in [1.54, 1.807) is 21.0 Å². The Bertz CT molecular complexity index is 1140. The van der Waals surface area contributed by atoms with Gasteiger partial charge in [-0.2, -0.15) is 0 Å². The maximum Gasteiger partial charge on any atom is 0.234 e. The number of epoxide rings is 1. The third kappa shape index (κ3) is 7.96. The zero-order chi connectivity index (χ0) is 29.9. The topological polar surface area (TPSA) is 127 Å². The number of morpholine rings is 1. The van der Waals surface area contributed by atoms with E-state index in [1.807, 2.05) is 29.2 Å². The molecule has 1 unspecified atom stereocenters. The van der Waals surface area contributed by atoms with Crippen molar-refractivity contribution in [2.45, 2.75) is 70.1 Å². The molecule has 2 aliphatic carbocycles. The summed E-state index contributed by atoms with van der Waals surface area (Å²) < 4.78 is 16.1. The number of ether oxygens (including phenoxy) is 3. The molecule has 10 nitrogen and oxygen atoms in total. The van der Waals surface area contributed by atoms with Crippen molar-refractivity contribution in [3.8, 4) is 5.75 Å². The zero-order valence-electron chi connectivity index (χ0n) is 25.1. The van der Waals surface area contributed by atoms with Gasteiger partial charge in [-0.15, -0.1) is 0 Å². The molecule has 2 saturated heterocycles. The Balaban J connectivity index is 1.25. The Morgan fingerprint density at radius 3 is 2.33 bits per heavy atom. The molecule has 230 valence electrons. The van der Waals surface area contributed by atoms with Crippen molar-refractivity contribution in [3.63, 3.8) is 0 Å². The molecule has 42 heavy (non-hydrogen) atoms. The predicted octanol–water partition coefficient (Wildman–Crippen LogP) is 1.93. The van der Waals surface area contributed by atoms with Crippen molar-refractivity contribution in [1.82, 2.24) is 15.5 Å². The Hall–Kier alpha value is -2.82. The van der Waals surface area contributed by atoms with Crippen molar-refractivity contribution < 1.29 is 33.4 Å². The Morgan fingerprint density at radius 1 is 1.05 bits per heavy atom. The molecule has 2 heterocycles. The molecule has 1 aromatic carbocycles. The largest absolute Gasteiger partial charge is 0.497 e. The van der Waals surface area contributed by atoms with Crippen LogP contribution in [-0.4, -0.2) is 92.5 Å². The minimum Gasteiger partial charge on any atom is -0.497 e. The van der Waals surface area contributed by atoms with Crippen LogP contribution >= 0.6 is 0 Å². The molecule has 2 aliphatic heterocycles. The van der Waals surface area contributed by atoms with E-state index in [2.05, 4.69) is 10.6 Å². The lowest BCUT2D eigenvalue weighted by Gasteiger charge is -2.27. The number of fused-ring (bicyclic) bond motifs is 1. The van der Waals surface area contributed by atoms with Gasteiger partial charge in [0.2, 0.25) is 11.8 Å². The van der Waals surface area contributed by atoms with Gasteiger partial charge in [-0.3, -0.25) is 24.1 Å². The van der Waals surface area contributed by atoms with Crippen molar-refractivity contribution >= 4 is 23.4 Å². The molecule has 2 N–H and O–H groups in total. The van der Waals surface area contributed by atoms with Gasteiger partial charge in [-0.1, -0.05) is 12.1 Å². The molecule has 0 spiro atoms. The number of carbonyl (C=O) groups is 4. The molecule has 1 aromatic rings. The second kappa shape index (κ2) is 13.2. The van der Waals surface area contributed by atoms with Crippen LogP contribution in [0, 0.1) is 23.7 Å². The van der Waals surface area contributed by atoms with E-state index in [4.69, 9.17) is 14.2 Å². The highest BCUT2D eigenvalue weighted by atomic mass is 16.6. The molecule has 0 aromatic heterocycles. The van der Waals surface area contributed by atoms with Gasteiger partial charge >= 0.3 is 0 Å². The van der Waals surface area contributed by atoms with E-state index >= 15 is 0 Å². The first-order valence-corrected chi connectivity index (χ1v) is 15.4. The second-order valence-electron chi connectivity index (χ2n) is 12.9. The number of rotatable bonds is 15. The summed E-state index contributed by atoms with van der Waals surface area (Å²) in [7, 11) is 1.59. The lowest BCUT2D eigenvalue weighted by molar-refractivity contribution is -0.135. The van der Waals surface area contributed by atoms with Crippen molar-refractivity contribution in [1.29, 1.82) is 0 Å². The summed E-state index contributed by atoms with van der Waals surface area (Å²) in [5.74, 6) is 1.08. The van der Waals surface area contributed by atoms with Crippen molar-refractivity contribution in [2.75, 3.05) is 46.6 Å². The van der Waals surface area contributed by atoms with Gasteiger partial charge in [0, 0.05) is 25.4 Å². The molecule has 10 heteroatoms. The van der Waals surface area contributed by atoms with Gasteiger partial charge < -0.3 is 24.8 Å². The summed E-state index contributed by atoms with van der Waals surface area (Å²) >= 11 is 0. The van der Waals surface area contributed by atoms with Gasteiger partial charge in [0.25, 0.3) is 0 Å². The standard InChI is InChI=1S/C32H45N3O7/c1-20(33-29(37)18-35-8-10-41-11-9-35)28(36)17-25(12-21-4-6-26(40-3)7-5-21)31(39)34-27(30(38)32(2)19-42-32)15-22-13-23-16-24(23)14-22/h4-7,20,22-25,27H,8-19H2,1-3H3,(H,33,37)(H,34,39)/t20-,22?,23-,24+,25+,27-,32+/m0/s1. The summed E-state index contributed by atoms with van der Waals surface area (Å²) in [6.07, 6.45) is 4.37. The Labute approximate surface area is 248 Å². The van der Waals surface area contributed by atoms with E-state index in [0.29, 0.717) is 57.4 Å². The molecule has 4 aliphatic rings. The average molecular weight is 584 g/mol. The Kier molecular flexibility index (Phi) is 9.64. The highest BCUT2D eigenvalue weighted by Gasteiger charge is 2.52. The van der Waals surface area contributed by atoms with Gasteiger partial charge in [0.1, 0.15) is 11.4 Å². The first kappa shape index (κ1) is 30.6. The van der Waals surface area contributed by atoms with E-state index in [9.17, 15) is 19.2 Å². The summed E-state index contributed by atoms with van der Waals surface area (Å²) in [5.41, 5.74) is 0.0315. The van der Waals surface area contributed by atoms with Crippen LogP contribution in [0.3, 0.4) is 0 Å². The fraction of sp³-hybridized carbons (Fsp3) is 0.688. The highest BCUT2D eigenvalue weighted by molar-refractivity contribution is 5.98. The van der Waals surface area contributed by atoms with Crippen molar-refractivity contribution in [3.05, 3.63) is 29.8 Å². The SMILES string of the molecule is COc1ccc(C[C@H](CC(=O)[C@H](C)NC(=O)CN2CCOCC2)C(=O)N[C@@H](CC2C[C@@H]3C[C@@H]3C2)C(=O)[C@@]2(C)CO2)cc1. The number of hydrogen-bond donors (Lipinski definition) is 2. The van der Waals surface area contributed by atoms with Crippen LogP contribution in [-0.2, 0) is 35.1 Å². The van der Waals surface area contributed by atoms with E-state index < -0.39 is 23.6 Å². The van der Waals surface area contributed by atoms with Gasteiger partial charge in [-0.25, -0.2) is 0 Å². The molecule has 5 rings (SSSR count). The number of hydrogen-bond acceptors (Lipinski definition) is 8. The summed E-state index contributed by atoms with van der Waals surface area (Å²) in [4.78, 5) is 55.2. The van der Waals surface area contributed by atoms with Crippen LogP contribution < -0.4 is 15.4 Å². The molecule has 0 bridgehead atoms. The van der Waals surface area contributed by atoms with Gasteiger partial charge in [0.15, 0.2) is 11.6 Å². The first-order valence-electron chi connectivity index (χ1n) is 15.4. The lowest BCUT2D eigenvalue weighted by atomic mass is 9.87. The Morgan fingerprint density at radius 2 is 1.71 bits per heavy atom. The third-order valence-corrected chi connectivity index (χ3v) is 9.43. The van der Waals surface area contributed by atoms with Crippen LogP contribution in [0.25, 0.3) is 0 Å². The number of carbonyl (C=O) groups excluding carboxylic acids is 4. The quantitative estimate of drug-likeness (QED) is 0.300. The zero-order valence-corrected chi connectivity index (χ0v) is 25.1. The van der Waals surface area contributed by atoms with Crippen LogP contribution in [0.1, 0.15) is 51.5 Å². The van der Waals surface area contributed by atoms with Crippen molar-refractivity contribution in [2.24, 2.45) is 23.7 Å². The average Bonchev–Trinajstić information content (AvgIpc) is 3.88. The number of nitrogens with one attached hydrogen (secondary N) is 2. The van der Waals surface area contributed by atoms with Gasteiger partial charge in [-0.05, 0) is 81.4 Å². The van der Waals surface area contributed by atoms with Crippen LogP contribution in [0.4, 0.5) is 0 Å². The highest BCUT2D eigenvalue weighted by Crippen LogP contribution is 2.55. The number of methoxy groups -OCH3 is 1. The number of benzene rings is 1. The molecular weight excluding hydrogens is 538 g/mol. The summed E-state index contributed by atoms with van der Waals surface area (Å²) in [6, 6.07) is 6.01. The molecule has 7 atom stereocenters. The fourth-order valence-corrected chi connectivity index (χ4v) is 6.56. The van der Waals surface area contributed by atoms with E-state index in [-0.39, 0.29) is 36.3 Å². The smallest absolute Gasteiger partial charge is 0.234 e. The van der Waals surface area contributed by atoms with Gasteiger partial charge in [0.05, 0.1) is 45.6 Å². The molecule has 2 amide bonds. The molecule has 0 radical (unpaired) electrons. The molecular formula is C32H45N3O7. The maximum absolute atomic E-state index is 13.8. The third-order valence-electron chi connectivity index (χ3n) is 9.43. The normalized spacial score (nSPS) is 28.6.